The Balaban J connectivity index is 1.91. The van der Waals surface area contributed by atoms with Crippen molar-refractivity contribution in [3.63, 3.8) is 0 Å². The molecule has 0 spiro atoms. The third-order valence-electron chi connectivity index (χ3n) is 4.89. The summed E-state index contributed by atoms with van der Waals surface area (Å²) >= 11 is 0. The van der Waals surface area contributed by atoms with E-state index in [0.29, 0.717) is 18.3 Å². The maximum Gasteiger partial charge on any atom is 0.137 e. The van der Waals surface area contributed by atoms with Gasteiger partial charge in [-0.1, -0.05) is 20.8 Å². The Morgan fingerprint density at radius 3 is 2.80 bits per heavy atom. The van der Waals surface area contributed by atoms with Crippen LogP contribution in [-0.4, -0.2) is 54.7 Å². The van der Waals surface area contributed by atoms with E-state index in [1.165, 1.54) is 0 Å². The second-order valence-corrected chi connectivity index (χ2v) is 7.44. The summed E-state index contributed by atoms with van der Waals surface area (Å²) in [6.45, 7) is 10.0. The largest absolute Gasteiger partial charge is 0.394 e. The normalized spacial score (nSPS) is 33.4. The van der Waals surface area contributed by atoms with E-state index in [9.17, 15) is 9.90 Å². The number of carbonyl (C=O) groups excluding carboxylic acids is 1. The van der Waals surface area contributed by atoms with Crippen molar-refractivity contribution in [1.29, 1.82) is 0 Å². The highest BCUT2D eigenvalue weighted by Crippen LogP contribution is 2.39. The highest BCUT2D eigenvalue weighted by atomic mass is 16.5. The summed E-state index contributed by atoms with van der Waals surface area (Å²) in [4.78, 5) is 14.5. The molecule has 0 radical (unpaired) electrons. The fraction of sp³-hybridized carbons (Fsp3) is 0.938. The number of hydrogen-bond acceptors (Lipinski definition) is 4. The molecular weight excluding hydrogens is 254 g/mol. The number of Topliss-reactive ketones (excluding diaryl/α,β-unsaturated/α-hetero) is 1. The van der Waals surface area contributed by atoms with E-state index >= 15 is 0 Å². The molecule has 20 heavy (non-hydrogen) atoms. The summed E-state index contributed by atoms with van der Waals surface area (Å²) in [5.74, 6) is 1.24. The average Bonchev–Trinajstić information content (AvgIpc) is 2.40. The molecule has 3 atom stereocenters. The molecule has 4 heteroatoms. The molecule has 3 unspecified atom stereocenters. The highest BCUT2D eigenvalue weighted by molar-refractivity contribution is 5.82. The van der Waals surface area contributed by atoms with Gasteiger partial charge in [-0.3, -0.25) is 9.69 Å². The lowest BCUT2D eigenvalue weighted by molar-refractivity contribution is -0.128. The molecule has 116 valence electrons. The summed E-state index contributed by atoms with van der Waals surface area (Å²) in [7, 11) is 0. The molecular formula is C16H29NO3. The second-order valence-electron chi connectivity index (χ2n) is 7.44. The topological polar surface area (TPSA) is 49.8 Å². The van der Waals surface area contributed by atoms with Gasteiger partial charge in [-0.2, -0.15) is 0 Å². The van der Waals surface area contributed by atoms with Gasteiger partial charge in [-0.25, -0.2) is 0 Å². The van der Waals surface area contributed by atoms with Gasteiger partial charge in [0.2, 0.25) is 0 Å². The Hall–Kier alpha value is -0.450. The Morgan fingerprint density at radius 2 is 2.15 bits per heavy atom. The first-order valence-corrected chi connectivity index (χ1v) is 7.87. The van der Waals surface area contributed by atoms with Crippen LogP contribution >= 0.6 is 0 Å². The van der Waals surface area contributed by atoms with Gasteiger partial charge in [0.1, 0.15) is 5.78 Å². The summed E-state index contributed by atoms with van der Waals surface area (Å²) in [6, 6.07) is 0. The predicted molar refractivity (Wildman–Crippen MR) is 78.6 cm³/mol. The molecule has 1 saturated carbocycles. The molecule has 1 aliphatic carbocycles. The number of aliphatic hydroxyl groups excluding tert-OH is 1. The van der Waals surface area contributed by atoms with Gasteiger partial charge < -0.3 is 9.84 Å². The van der Waals surface area contributed by atoms with Crippen molar-refractivity contribution in [2.75, 3.05) is 32.8 Å². The average molecular weight is 283 g/mol. The van der Waals surface area contributed by atoms with E-state index in [2.05, 4.69) is 25.7 Å². The highest BCUT2D eigenvalue weighted by Gasteiger charge is 2.36. The number of morpholine rings is 1. The zero-order valence-electron chi connectivity index (χ0n) is 13.1. The van der Waals surface area contributed by atoms with E-state index in [4.69, 9.17) is 4.74 Å². The third kappa shape index (κ3) is 4.03. The summed E-state index contributed by atoms with van der Waals surface area (Å²) < 4.78 is 5.47. The molecule has 2 aliphatic rings. The Bertz CT molecular complexity index is 337. The van der Waals surface area contributed by atoms with E-state index < -0.39 is 0 Å². The Morgan fingerprint density at radius 1 is 1.40 bits per heavy atom. The van der Waals surface area contributed by atoms with Gasteiger partial charge in [0.05, 0.1) is 19.3 Å². The van der Waals surface area contributed by atoms with Crippen molar-refractivity contribution in [3.8, 4) is 0 Å². The SMILES string of the molecule is CC(C)(C)C1CCC(=O)C(CN2CCOC(CO)C2)C1. The van der Waals surface area contributed by atoms with E-state index in [1.807, 2.05) is 0 Å². The van der Waals surface area contributed by atoms with Crippen LogP contribution in [0.3, 0.4) is 0 Å². The number of rotatable bonds is 3. The minimum Gasteiger partial charge on any atom is -0.394 e. The minimum atomic E-state index is -0.0825. The van der Waals surface area contributed by atoms with Crippen molar-refractivity contribution in [2.45, 2.75) is 46.1 Å². The van der Waals surface area contributed by atoms with Crippen molar-refractivity contribution in [1.82, 2.24) is 4.90 Å². The molecule has 0 aromatic heterocycles. The Labute approximate surface area is 122 Å². The van der Waals surface area contributed by atoms with Gasteiger partial charge in [-0.15, -0.1) is 0 Å². The van der Waals surface area contributed by atoms with E-state index in [0.717, 1.165) is 38.9 Å². The summed E-state index contributed by atoms with van der Waals surface area (Å²) in [5.41, 5.74) is 0.289. The fourth-order valence-corrected chi connectivity index (χ4v) is 3.44. The molecule has 1 aliphatic heterocycles. The van der Waals surface area contributed by atoms with Crippen LogP contribution in [0, 0.1) is 17.3 Å². The molecule has 0 amide bonds. The quantitative estimate of drug-likeness (QED) is 0.856. The number of carbonyl (C=O) groups is 1. The molecule has 1 saturated heterocycles. The van der Waals surface area contributed by atoms with Gasteiger partial charge >= 0.3 is 0 Å². The molecule has 1 heterocycles. The van der Waals surface area contributed by atoms with Crippen molar-refractivity contribution in [3.05, 3.63) is 0 Å². The summed E-state index contributed by atoms with van der Waals surface area (Å²) in [5, 5.41) is 9.20. The molecule has 0 bridgehead atoms. The number of aliphatic hydroxyl groups is 1. The Kier molecular flexibility index (Phi) is 5.21. The van der Waals surface area contributed by atoms with Crippen molar-refractivity contribution < 1.29 is 14.6 Å². The van der Waals surface area contributed by atoms with Crippen molar-refractivity contribution in [2.24, 2.45) is 17.3 Å². The number of ether oxygens (including phenoxy) is 1. The molecule has 0 aromatic rings. The number of nitrogens with zero attached hydrogens (tertiary/aromatic N) is 1. The first-order valence-electron chi connectivity index (χ1n) is 7.87. The van der Waals surface area contributed by atoms with Crippen LogP contribution in [0.25, 0.3) is 0 Å². The molecule has 2 rings (SSSR count). The van der Waals surface area contributed by atoms with Gasteiger partial charge in [0, 0.05) is 32.0 Å². The van der Waals surface area contributed by atoms with Crippen LogP contribution in [0.2, 0.25) is 0 Å². The maximum absolute atomic E-state index is 12.2. The van der Waals surface area contributed by atoms with Crippen molar-refractivity contribution >= 4 is 5.78 Å². The predicted octanol–water partition coefficient (Wildman–Crippen LogP) is 1.71. The molecule has 2 fully saturated rings. The molecule has 0 aromatic carbocycles. The van der Waals surface area contributed by atoms with Crippen LogP contribution in [0.15, 0.2) is 0 Å². The van der Waals surface area contributed by atoms with Gasteiger partial charge in [0.25, 0.3) is 0 Å². The first kappa shape index (κ1) is 15.9. The second kappa shape index (κ2) is 6.54. The van der Waals surface area contributed by atoms with Gasteiger partial charge in [0.15, 0.2) is 0 Å². The lowest BCUT2D eigenvalue weighted by Crippen LogP contribution is -2.48. The summed E-state index contributed by atoms with van der Waals surface area (Å²) in [6.07, 6.45) is 2.71. The fourth-order valence-electron chi connectivity index (χ4n) is 3.44. The van der Waals surface area contributed by atoms with Crippen LogP contribution in [-0.2, 0) is 9.53 Å². The van der Waals surface area contributed by atoms with Crippen LogP contribution in [0.5, 0.6) is 0 Å². The lowest BCUT2D eigenvalue weighted by Gasteiger charge is -2.40. The monoisotopic (exact) mass is 283 g/mol. The third-order valence-corrected chi connectivity index (χ3v) is 4.89. The zero-order valence-corrected chi connectivity index (χ0v) is 13.1. The zero-order chi connectivity index (χ0) is 14.8. The smallest absolute Gasteiger partial charge is 0.137 e. The van der Waals surface area contributed by atoms with Gasteiger partial charge in [-0.05, 0) is 24.2 Å². The molecule has 4 nitrogen and oxygen atoms in total. The lowest BCUT2D eigenvalue weighted by atomic mass is 9.68. The maximum atomic E-state index is 12.2. The van der Waals surface area contributed by atoms with Crippen LogP contribution in [0.1, 0.15) is 40.0 Å². The first-order chi connectivity index (χ1) is 9.40. The number of hydrogen-bond donors (Lipinski definition) is 1. The van der Waals surface area contributed by atoms with E-state index in [1.54, 1.807) is 0 Å². The molecule has 1 N–H and O–H groups in total. The van der Waals surface area contributed by atoms with Crippen LogP contribution < -0.4 is 0 Å². The number of ketones is 1. The standard InChI is InChI=1S/C16H29NO3/c1-16(2,3)13-4-5-15(19)12(8-13)9-17-6-7-20-14(10-17)11-18/h12-14,18H,4-11H2,1-3H3. The minimum absolute atomic E-state index is 0.0692. The van der Waals surface area contributed by atoms with Crippen LogP contribution in [0.4, 0.5) is 0 Å². The van der Waals surface area contributed by atoms with E-state index in [-0.39, 0.29) is 24.0 Å².